The molecule has 2 aromatic carbocycles. The number of nitrogens with zero attached hydrogens (tertiary/aromatic N) is 1. The van der Waals surface area contributed by atoms with Crippen LogP contribution < -0.4 is 14.2 Å². The number of carbonyl (C=O) groups is 1. The Kier molecular flexibility index (Phi) is 9.59. The Morgan fingerprint density at radius 3 is 2.59 bits per heavy atom. The van der Waals surface area contributed by atoms with Crippen molar-refractivity contribution >= 4 is 17.6 Å². The van der Waals surface area contributed by atoms with Crippen LogP contribution in [0.25, 0.3) is 0 Å². The van der Waals surface area contributed by atoms with Gasteiger partial charge in [0.25, 0.3) is 0 Å². The predicted molar refractivity (Wildman–Crippen MR) is 132 cm³/mol. The number of aryl methyl sites for hydroxylation is 2. The minimum Gasteiger partial charge on any atom is -0.492 e. The van der Waals surface area contributed by atoms with Gasteiger partial charge in [0.1, 0.15) is 11.5 Å². The third-order valence-electron chi connectivity index (χ3n) is 5.03. The summed E-state index contributed by atoms with van der Waals surface area (Å²) in [6.45, 7) is 6.59. The predicted octanol–water partition coefficient (Wildman–Crippen LogP) is 6.57. The average molecular weight is 484 g/mol. The molecule has 0 fully saturated rings. The van der Waals surface area contributed by atoms with Crippen molar-refractivity contribution in [2.45, 2.75) is 46.1 Å². The van der Waals surface area contributed by atoms with Crippen LogP contribution in [-0.2, 0) is 16.0 Å². The summed E-state index contributed by atoms with van der Waals surface area (Å²) in [4.78, 5) is 16.0. The summed E-state index contributed by atoms with van der Waals surface area (Å²) in [6.07, 6.45) is 3.10. The molecule has 7 heteroatoms. The second kappa shape index (κ2) is 12.8. The highest BCUT2D eigenvalue weighted by Gasteiger charge is 2.13. The molecular weight excluding hydrogens is 454 g/mol. The molecule has 0 saturated carbocycles. The molecule has 0 spiro atoms. The molecule has 6 nitrogen and oxygen atoms in total. The highest BCUT2D eigenvalue weighted by molar-refractivity contribution is 6.30. The quantitative estimate of drug-likeness (QED) is 0.271. The molecule has 34 heavy (non-hydrogen) atoms. The third kappa shape index (κ3) is 7.96. The third-order valence-corrected chi connectivity index (χ3v) is 5.27. The lowest BCUT2D eigenvalue weighted by molar-refractivity contribution is -0.143. The number of para-hydroxylation sites is 1. The van der Waals surface area contributed by atoms with E-state index in [-0.39, 0.29) is 12.1 Å². The van der Waals surface area contributed by atoms with Crippen LogP contribution in [0.1, 0.15) is 37.9 Å². The first-order chi connectivity index (χ1) is 16.4. The Morgan fingerprint density at radius 1 is 1.06 bits per heavy atom. The Balaban J connectivity index is 1.50. The second-order valence-electron chi connectivity index (χ2n) is 7.81. The fourth-order valence-corrected chi connectivity index (χ4v) is 3.43. The fourth-order valence-electron chi connectivity index (χ4n) is 3.26. The first kappa shape index (κ1) is 25.4. The molecule has 1 aromatic heterocycles. The number of aromatic nitrogens is 1. The first-order valence-corrected chi connectivity index (χ1v) is 11.8. The standard InChI is InChI=1S/C27H30ClNO5/c1-4-31-27(30)13-11-24-19(2)16-23(18-29-24)32-15-14-20(3)33-25-12-10-21(28)17-26(25)34-22-8-6-5-7-9-22/h5-10,12,16-18,20H,4,11,13-15H2,1-3H3/t20-/m1/s1. The lowest BCUT2D eigenvalue weighted by Crippen LogP contribution is -2.16. The molecular formula is C27H30ClNO5. The van der Waals surface area contributed by atoms with Gasteiger partial charge in [0.15, 0.2) is 11.5 Å². The fraction of sp³-hybridized carbons (Fsp3) is 0.333. The lowest BCUT2D eigenvalue weighted by Gasteiger charge is -2.18. The summed E-state index contributed by atoms with van der Waals surface area (Å²) < 4.78 is 22.9. The Hall–Kier alpha value is -3.25. The van der Waals surface area contributed by atoms with Gasteiger partial charge in [0, 0.05) is 29.6 Å². The van der Waals surface area contributed by atoms with E-state index < -0.39 is 0 Å². The van der Waals surface area contributed by atoms with E-state index in [0.29, 0.717) is 60.5 Å². The van der Waals surface area contributed by atoms with E-state index in [1.165, 1.54) is 0 Å². The zero-order valence-electron chi connectivity index (χ0n) is 19.8. The number of pyridine rings is 1. The Morgan fingerprint density at radius 2 is 1.85 bits per heavy atom. The number of carbonyl (C=O) groups excluding carboxylic acids is 1. The average Bonchev–Trinajstić information content (AvgIpc) is 2.81. The van der Waals surface area contributed by atoms with Crippen molar-refractivity contribution in [3.63, 3.8) is 0 Å². The summed E-state index contributed by atoms with van der Waals surface area (Å²) in [5.74, 6) is 2.35. The van der Waals surface area contributed by atoms with Crippen LogP contribution in [-0.4, -0.2) is 30.3 Å². The molecule has 0 bridgehead atoms. The molecule has 1 heterocycles. The zero-order valence-corrected chi connectivity index (χ0v) is 20.5. The molecule has 0 radical (unpaired) electrons. The van der Waals surface area contributed by atoms with Crippen molar-refractivity contribution in [2.24, 2.45) is 0 Å². The van der Waals surface area contributed by atoms with Gasteiger partial charge in [-0.1, -0.05) is 29.8 Å². The number of benzene rings is 2. The van der Waals surface area contributed by atoms with Crippen LogP contribution >= 0.6 is 11.6 Å². The van der Waals surface area contributed by atoms with Crippen molar-refractivity contribution in [3.05, 3.63) is 77.1 Å². The van der Waals surface area contributed by atoms with Crippen molar-refractivity contribution < 1.29 is 23.7 Å². The second-order valence-corrected chi connectivity index (χ2v) is 8.25. The largest absolute Gasteiger partial charge is 0.492 e. The van der Waals surface area contributed by atoms with Gasteiger partial charge >= 0.3 is 5.97 Å². The maximum Gasteiger partial charge on any atom is 0.306 e. The smallest absolute Gasteiger partial charge is 0.306 e. The van der Waals surface area contributed by atoms with Crippen LogP contribution in [0, 0.1) is 6.92 Å². The van der Waals surface area contributed by atoms with E-state index in [2.05, 4.69) is 4.98 Å². The topological polar surface area (TPSA) is 66.9 Å². The maximum atomic E-state index is 11.6. The molecule has 0 amide bonds. The van der Waals surface area contributed by atoms with Gasteiger partial charge in [0.05, 0.1) is 31.9 Å². The maximum absolute atomic E-state index is 11.6. The summed E-state index contributed by atoms with van der Waals surface area (Å²) in [7, 11) is 0. The highest BCUT2D eigenvalue weighted by atomic mass is 35.5. The Bertz CT molecular complexity index is 1070. The zero-order chi connectivity index (χ0) is 24.3. The van der Waals surface area contributed by atoms with Crippen LogP contribution in [0.5, 0.6) is 23.0 Å². The van der Waals surface area contributed by atoms with Gasteiger partial charge in [-0.15, -0.1) is 0 Å². The molecule has 0 N–H and O–H groups in total. The molecule has 0 aliphatic heterocycles. The minimum absolute atomic E-state index is 0.114. The van der Waals surface area contributed by atoms with E-state index in [0.717, 1.165) is 11.3 Å². The van der Waals surface area contributed by atoms with Gasteiger partial charge < -0.3 is 18.9 Å². The van der Waals surface area contributed by atoms with E-state index >= 15 is 0 Å². The summed E-state index contributed by atoms with van der Waals surface area (Å²) in [5, 5.41) is 0.572. The first-order valence-electron chi connectivity index (χ1n) is 11.4. The van der Waals surface area contributed by atoms with Gasteiger partial charge in [-0.2, -0.15) is 0 Å². The molecule has 3 aromatic rings. The molecule has 0 unspecified atom stereocenters. The number of esters is 1. The van der Waals surface area contributed by atoms with Gasteiger partial charge in [0.2, 0.25) is 0 Å². The SMILES string of the molecule is CCOC(=O)CCc1ncc(OCC[C@@H](C)Oc2ccc(Cl)cc2Oc2ccccc2)cc1C. The molecule has 0 aliphatic rings. The van der Waals surface area contributed by atoms with E-state index in [4.69, 9.17) is 30.5 Å². The van der Waals surface area contributed by atoms with Crippen molar-refractivity contribution in [1.82, 2.24) is 4.98 Å². The monoisotopic (exact) mass is 483 g/mol. The Labute approximate surface area is 205 Å². The van der Waals surface area contributed by atoms with Gasteiger partial charge in [-0.25, -0.2) is 0 Å². The molecule has 180 valence electrons. The van der Waals surface area contributed by atoms with Gasteiger partial charge in [-0.05, 0) is 56.7 Å². The number of hydrogen-bond donors (Lipinski definition) is 0. The summed E-state index contributed by atoms with van der Waals surface area (Å²) >= 11 is 6.16. The molecule has 3 rings (SSSR count). The highest BCUT2D eigenvalue weighted by Crippen LogP contribution is 2.35. The molecule has 0 aliphatic carbocycles. The number of ether oxygens (including phenoxy) is 4. The number of rotatable bonds is 12. The van der Waals surface area contributed by atoms with Crippen molar-refractivity contribution in [1.29, 1.82) is 0 Å². The van der Waals surface area contributed by atoms with E-state index in [1.807, 2.05) is 50.2 Å². The normalized spacial score (nSPS) is 11.5. The van der Waals surface area contributed by atoms with Crippen LogP contribution in [0.4, 0.5) is 0 Å². The van der Waals surface area contributed by atoms with E-state index in [9.17, 15) is 4.79 Å². The summed E-state index contributed by atoms with van der Waals surface area (Å²) in [6, 6.07) is 16.7. The minimum atomic E-state index is -0.212. The molecule has 1 atom stereocenters. The lowest BCUT2D eigenvalue weighted by atomic mass is 10.1. The van der Waals surface area contributed by atoms with Crippen LogP contribution in [0.2, 0.25) is 5.02 Å². The van der Waals surface area contributed by atoms with Gasteiger partial charge in [-0.3, -0.25) is 9.78 Å². The van der Waals surface area contributed by atoms with Crippen LogP contribution in [0.3, 0.4) is 0 Å². The van der Waals surface area contributed by atoms with Crippen molar-refractivity contribution in [2.75, 3.05) is 13.2 Å². The summed E-state index contributed by atoms with van der Waals surface area (Å²) in [5.41, 5.74) is 1.85. The van der Waals surface area contributed by atoms with Crippen LogP contribution in [0.15, 0.2) is 60.8 Å². The van der Waals surface area contributed by atoms with E-state index in [1.54, 1.807) is 31.3 Å². The molecule has 0 saturated heterocycles. The number of halogens is 1. The van der Waals surface area contributed by atoms with Crippen molar-refractivity contribution in [3.8, 4) is 23.0 Å². The number of hydrogen-bond acceptors (Lipinski definition) is 6.